The fraction of sp³-hybridized carbons (Fsp3) is 0.0769. The van der Waals surface area contributed by atoms with Crippen LogP contribution in [-0.2, 0) is 21.2 Å². The van der Waals surface area contributed by atoms with Gasteiger partial charge in [0, 0.05) is 21.1 Å². The zero-order valence-electron chi connectivity index (χ0n) is 18.9. The molecule has 0 unspecified atom stereocenters. The molecule has 0 spiro atoms. The molecule has 0 saturated heterocycles. The fourth-order valence-corrected chi connectivity index (χ4v) is 5.51. The number of benzene rings is 3. The van der Waals surface area contributed by atoms with Crippen molar-refractivity contribution in [3.05, 3.63) is 93.6 Å². The van der Waals surface area contributed by atoms with Gasteiger partial charge in [0.1, 0.15) is 5.69 Å². The van der Waals surface area contributed by atoms with Gasteiger partial charge >= 0.3 is 11.9 Å². The van der Waals surface area contributed by atoms with Crippen LogP contribution in [0.2, 0.25) is 0 Å². The highest BCUT2D eigenvalue weighted by Gasteiger charge is 2.21. The van der Waals surface area contributed by atoms with Crippen molar-refractivity contribution in [2.75, 3.05) is 4.72 Å². The van der Waals surface area contributed by atoms with Crippen LogP contribution in [0.25, 0.3) is 22.6 Å². The molecule has 0 aliphatic heterocycles. The standard InChI is InChI=1S/C26H21BrN2O6S/c1-2-15-11-20-21(24(26(32)33)28-23(20)22(27)12-15)14-19(25(30)31)16-7-6-8-17(13-16)29-36(34,35)18-9-4-3-5-10-18/h3-14,28-29H,2H2,1H3,(H,30,31)(H,32,33). The summed E-state index contributed by atoms with van der Waals surface area (Å²) in [6.07, 6.45) is 1.99. The first-order valence-corrected chi connectivity index (χ1v) is 13.1. The number of aromatic nitrogens is 1. The summed E-state index contributed by atoms with van der Waals surface area (Å²) in [6, 6.07) is 17.4. The average molecular weight is 569 g/mol. The van der Waals surface area contributed by atoms with E-state index in [0.29, 0.717) is 21.8 Å². The Labute approximate surface area is 215 Å². The van der Waals surface area contributed by atoms with E-state index in [1.165, 1.54) is 42.5 Å². The van der Waals surface area contributed by atoms with E-state index in [4.69, 9.17) is 0 Å². The molecule has 1 heterocycles. The number of fused-ring (bicyclic) bond motifs is 1. The monoisotopic (exact) mass is 568 g/mol. The number of nitrogens with one attached hydrogen (secondary N) is 2. The second-order valence-electron chi connectivity index (χ2n) is 7.94. The van der Waals surface area contributed by atoms with Crippen LogP contribution in [0.1, 0.15) is 34.1 Å². The number of anilines is 1. The number of halogens is 1. The predicted molar refractivity (Wildman–Crippen MR) is 142 cm³/mol. The molecule has 8 nitrogen and oxygen atoms in total. The Morgan fingerprint density at radius 3 is 2.39 bits per heavy atom. The molecule has 0 radical (unpaired) electrons. The van der Waals surface area contributed by atoms with E-state index in [-0.39, 0.29) is 33.0 Å². The molecule has 184 valence electrons. The summed E-state index contributed by atoms with van der Waals surface area (Å²) in [5.74, 6) is -2.54. The maximum Gasteiger partial charge on any atom is 0.352 e. The number of rotatable bonds is 8. The minimum Gasteiger partial charge on any atom is -0.478 e. The van der Waals surface area contributed by atoms with Gasteiger partial charge in [-0.2, -0.15) is 0 Å². The number of aliphatic carboxylic acids is 1. The van der Waals surface area contributed by atoms with Gasteiger partial charge in [-0.25, -0.2) is 18.0 Å². The SMILES string of the molecule is CCc1cc(Br)c2[nH]c(C(=O)O)c(C=C(C(=O)O)c3cccc(NS(=O)(=O)c4ccccc4)c3)c2c1. The lowest BCUT2D eigenvalue weighted by Gasteiger charge is -2.10. The lowest BCUT2D eigenvalue weighted by Crippen LogP contribution is -2.13. The Hall–Kier alpha value is -3.89. The van der Waals surface area contributed by atoms with Crippen molar-refractivity contribution < 1.29 is 28.2 Å². The van der Waals surface area contributed by atoms with Crippen molar-refractivity contribution in [1.29, 1.82) is 0 Å². The summed E-state index contributed by atoms with van der Waals surface area (Å²) in [5, 5.41) is 20.4. The van der Waals surface area contributed by atoms with Gasteiger partial charge < -0.3 is 15.2 Å². The zero-order chi connectivity index (χ0) is 26.0. The number of aryl methyl sites for hydroxylation is 1. The molecule has 0 aliphatic carbocycles. The lowest BCUT2D eigenvalue weighted by molar-refractivity contribution is -0.130. The molecule has 4 rings (SSSR count). The number of sulfonamides is 1. The number of carbonyl (C=O) groups is 2. The summed E-state index contributed by atoms with van der Waals surface area (Å²) >= 11 is 3.46. The molecular weight excluding hydrogens is 548 g/mol. The number of H-pyrrole nitrogens is 1. The van der Waals surface area contributed by atoms with Crippen LogP contribution in [0.15, 0.2) is 76.1 Å². The molecule has 3 aromatic carbocycles. The Bertz CT molecular complexity index is 1630. The minimum atomic E-state index is -3.89. The van der Waals surface area contributed by atoms with E-state index in [2.05, 4.69) is 25.6 Å². The summed E-state index contributed by atoms with van der Waals surface area (Å²) in [6.45, 7) is 1.96. The number of hydrogen-bond donors (Lipinski definition) is 4. The highest BCUT2D eigenvalue weighted by molar-refractivity contribution is 9.10. The lowest BCUT2D eigenvalue weighted by atomic mass is 9.99. The average Bonchev–Trinajstić information content (AvgIpc) is 3.22. The first-order valence-electron chi connectivity index (χ1n) is 10.8. The first-order chi connectivity index (χ1) is 17.1. The van der Waals surface area contributed by atoms with Gasteiger partial charge in [0.25, 0.3) is 10.0 Å². The van der Waals surface area contributed by atoms with E-state index in [1.54, 1.807) is 18.2 Å². The largest absolute Gasteiger partial charge is 0.478 e. The molecule has 10 heteroatoms. The fourth-order valence-electron chi connectivity index (χ4n) is 3.83. The van der Waals surface area contributed by atoms with Gasteiger partial charge in [-0.1, -0.05) is 37.3 Å². The molecule has 36 heavy (non-hydrogen) atoms. The third-order valence-corrected chi connectivity index (χ3v) is 7.60. The Morgan fingerprint density at radius 2 is 1.75 bits per heavy atom. The summed E-state index contributed by atoms with van der Waals surface area (Å²) < 4.78 is 28.5. The van der Waals surface area contributed by atoms with Crippen molar-refractivity contribution in [2.45, 2.75) is 18.2 Å². The second kappa shape index (κ2) is 10.00. The van der Waals surface area contributed by atoms with Gasteiger partial charge in [0.15, 0.2) is 0 Å². The third kappa shape index (κ3) is 5.05. The quantitative estimate of drug-likeness (QED) is 0.204. The van der Waals surface area contributed by atoms with Crippen LogP contribution >= 0.6 is 15.9 Å². The smallest absolute Gasteiger partial charge is 0.352 e. The molecule has 4 N–H and O–H groups in total. The molecule has 0 bridgehead atoms. The van der Waals surface area contributed by atoms with E-state index in [9.17, 15) is 28.2 Å². The van der Waals surface area contributed by atoms with Crippen LogP contribution in [0.5, 0.6) is 0 Å². The third-order valence-electron chi connectivity index (χ3n) is 5.58. The normalized spacial score (nSPS) is 12.0. The van der Waals surface area contributed by atoms with Crippen LogP contribution in [0, 0.1) is 0 Å². The number of aromatic carboxylic acids is 1. The van der Waals surface area contributed by atoms with Crippen molar-refractivity contribution in [2.24, 2.45) is 0 Å². The summed E-state index contributed by atoms with van der Waals surface area (Å²) in [7, 11) is -3.89. The van der Waals surface area contributed by atoms with Gasteiger partial charge in [-0.15, -0.1) is 0 Å². The van der Waals surface area contributed by atoms with Crippen LogP contribution in [0.4, 0.5) is 5.69 Å². The van der Waals surface area contributed by atoms with Gasteiger partial charge in [0.05, 0.1) is 16.0 Å². The predicted octanol–water partition coefficient (Wildman–Crippen LogP) is 5.62. The van der Waals surface area contributed by atoms with Gasteiger partial charge in [-0.3, -0.25) is 4.72 Å². The van der Waals surface area contributed by atoms with Crippen LogP contribution in [0.3, 0.4) is 0 Å². The Balaban J connectivity index is 1.84. The maximum absolute atomic E-state index is 12.7. The van der Waals surface area contributed by atoms with Gasteiger partial charge in [0.2, 0.25) is 0 Å². The Morgan fingerprint density at radius 1 is 1.03 bits per heavy atom. The first kappa shape index (κ1) is 25.2. The summed E-state index contributed by atoms with van der Waals surface area (Å²) in [4.78, 5) is 27.2. The molecule has 0 saturated carbocycles. The number of aromatic amines is 1. The van der Waals surface area contributed by atoms with Gasteiger partial charge in [-0.05, 0) is 76.0 Å². The molecular formula is C26H21BrN2O6S. The van der Waals surface area contributed by atoms with Crippen molar-refractivity contribution in [3.8, 4) is 0 Å². The molecule has 4 aromatic rings. The maximum atomic E-state index is 12.7. The zero-order valence-corrected chi connectivity index (χ0v) is 21.4. The molecule has 0 aliphatic rings. The van der Waals surface area contributed by atoms with Crippen molar-refractivity contribution >= 4 is 66.1 Å². The molecule has 0 atom stereocenters. The van der Waals surface area contributed by atoms with Crippen LogP contribution < -0.4 is 4.72 Å². The molecule has 0 fully saturated rings. The summed E-state index contributed by atoms with van der Waals surface area (Å²) in [5.41, 5.74) is 1.69. The van der Waals surface area contributed by atoms with Crippen LogP contribution in [-0.4, -0.2) is 35.6 Å². The van der Waals surface area contributed by atoms with E-state index >= 15 is 0 Å². The topological polar surface area (TPSA) is 137 Å². The highest BCUT2D eigenvalue weighted by Crippen LogP contribution is 2.33. The van der Waals surface area contributed by atoms with E-state index < -0.39 is 22.0 Å². The number of carboxylic acid groups (broad SMARTS) is 2. The molecule has 0 amide bonds. The molecule has 1 aromatic heterocycles. The minimum absolute atomic E-state index is 0.0617. The van der Waals surface area contributed by atoms with Crippen molar-refractivity contribution in [1.82, 2.24) is 4.98 Å². The number of hydrogen-bond acceptors (Lipinski definition) is 4. The second-order valence-corrected chi connectivity index (χ2v) is 10.5. The Kier molecular flexibility index (Phi) is 7.00. The van der Waals surface area contributed by atoms with E-state index in [1.807, 2.05) is 19.1 Å². The number of carboxylic acids is 2. The van der Waals surface area contributed by atoms with Crippen molar-refractivity contribution in [3.63, 3.8) is 0 Å². The van der Waals surface area contributed by atoms with E-state index in [0.717, 1.165) is 5.56 Å². The highest BCUT2D eigenvalue weighted by atomic mass is 79.9.